The summed E-state index contributed by atoms with van der Waals surface area (Å²) in [5.74, 6) is 0.0512. The molecular formula is C14H19N5OS. The molecule has 2 aromatic rings. The number of aryl methyl sites for hydroxylation is 2. The average molecular weight is 305 g/mol. The quantitative estimate of drug-likeness (QED) is 0.910. The summed E-state index contributed by atoms with van der Waals surface area (Å²) < 4.78 is 1.73. The fraction of sp³-hybridized carbons (Fsp3) is 0.500. The summed E-state index contributed by atoms with van der Waals surface area (Å²) in [6.45, 7) is 3.30. The smallest absolute Gasteiger partial charge is 0.265 e. The third-order valence-corrected chi connectivity index (χ3v) is 4.88. The van der Waals surface area contributed by atoms with E-state index in [1.165, 1.54) is 11.3 Å². The van der Waals surface area contributed by atoms with Crippen LogP contribution >= 0.6 is 11.3 Å². The molecule has 2 aromatic heterocycles. The third-order valence-electron chi connectivity index (χ3n) is 3.69. The largest absolute Gasteiger partial charge is 0.336 e. The molecule has 1 saturated heterocycles. The molecule has 3 rings (SSSR count). The van der Waals surface area contributed by atoms with Crippen molar-refractivity contribution < 1.29 is 4.79 Å². The van der Waals surface area contributed by atoms with Crippen LogP contribution in [-0.4, -0.2) is 44.7 Å². The molecule has 1 fully saturated rings. The first-order chi connectivity index (χ1) is 10.0. The molecule has 21 heavy (non-hydrogen) atoms. The lowest BCUT2D eigenvalue weighted by molar-refractivity contribution is 0.0713. The molecule has 1 aliphatic heterocycles. The molecule has 1 unspecified atom stereocenters. The van der Waals surface area contributed by atoms with Gasteiger partial charge >= 0.3 is 0 Å². The number of aromatic nitrogens is 3. The number of thiazole rings is 1. The maximum Gasteiger partial charge on any atom is 0.265 e. The standard InChI is InChI=1S/C14H19N5OS/c1-9-12(14(20)19-5-3-4-11(15)8-19)21-13(17-9)10-6-16-18(2)7-10/h6-7,11H,3-5,8,15H2,1-2H3. The zero-order valence-electron chi connectivity index (χ0n) is 12.2. The zero-order valence-corrected chi connectivity index (χ0v) is 13.1. The molecule has 1 atom stereocenters. The molecule has 1 amide bonds. The van der Waals surface area contributed by atoms with Crippen molar-refractivity contribution in [2.24, 2.45) is 12.8 Å². The summed E-state index contributed by atoms with van der Waals surface area (Å²) in [7, 11) is 1.87. The van der Waals surface area contributed by atoms with Gasteiger partial charge in [0.1, 0.15) is 9.88 Å². The molecule has 0 bridgehead atoms. The number of hydrogen-bond donors (Lipinski definition) is 1. The minimum absolute atomic E-state index is 0.0512. The number of carbonyl (C=O) groups is 1. The molecule has 7 heteroatoms. The van der Waals surface area contributed by atoms with Gasteiger partial charge in [0.05, 0.1) is 11.9 Å². The van der Waals surface area contributed by atoms with Gasteiger partial charge in [-0.15, -0.1) is 11.3 Å². The number of rotatable bonds is 2. The molecular weight excluding hydrogens is 286 g/mol. The van der Waals surface area contributed by atoms with Gasteiger partial charge in [0.15, 0.2) is 0 Å². The van der Waals surface area contributed by atoms with Gasteiger partial charge in [0, 0.05) is 37.9 Å². The Morgan fingerprint density at radius 1 is 1.52 bits per heavy atom. The van der Waals surface area contributed by atoms with Crippen molar-refractivity contribution in [3.63, 3.8) is 0 Å². The van der Waals surface area contributed by atoms with E-state index in [1.54, 1.807) is 10.9 Å². The number of nitrogens with zero attached hydrogens (tertiary/aromatic N) is 4. The maximum absolute atomic E-state index is 12.6. The predicted octanol–water partition coefficient (Wildman–Crippen LogP) is 1.42. The van der Waals surface area contributed by atoms with Crippen LogP contribution in [0, 0.1) is 6.92 Å². The number of piperidine rings is 1. The van der Waals surface area contributed by atoms with Crippen molar-refractivity contribution in [2.45, 2.75) is 25.8 Å². The zero-order chi connectivity index (χ0) is 15.0. The van der Waals surface area contributed by atoms with Crippen LogP contribution in [0.2, 0.25) is 0 Å². The summed E-state index contributed by atoms with van der Waals surface area (Å²) in [6, 6.07) is 0.0914. The Labute approximate surface area is 127 Å². The SMILES string of the molecule is Cc1nc(-c2cnn(C)c2)sc1C(=O)N1CCCC(N)C1. The number of nitrogens with two attached hydrogens (primary N) is 1. The minimum atomic E-state index is 0.0512. The highest BCUT2D eigenvalue weighted by Crippen LogP contribution is 2.29. The molecule has 0 saturated carbocycles. The van der Waals surface area contributed by atoms with E-state index in [1.807, 2.05) is 25.1 Å². The van der Waals surface area contributed by atoms with Crippen LogP contribution in [0.25, 0.3) is 10.6 Å². The molecule has 0 spiro atoms. The van der Waals surface area contributed by atoms with E-state index < -0.39 is 0 Å². The van der Waals surface area contributed by atoms with Crippen LogP contribution in [0.5, 0.6) is 0 Å². The Hall–Kier alpha value is -1.73. The predicted molar refractivity (Wildman–Crippen MR) is 82.2 cm³/mol. The van der Waals surface area contributed by atoms with E-state index >= 15 is 0 Å². The molecule has 112 valence electrons. The Bertz CT molecular complexity index is 662. The van der Waals surface area contributed by atoms with Crippen molar-refractivity contribution in [3.8, 4) is 10.6 Å². The first-order valence-corrected chi connectivity index (χ1v) is 7.87. The van der Waals surface area contributed by atoms with Gasteiger partial charge in [-0.1, -0.05) is 0 Å². The maximum atomic E-state index is 12.6. The van der Waals surface area contributed by atoms with Crippen LogP contribution in [0.15, 0.2) is 12.4 Å². The monoisotopic (exact) mass is 305 g/mol. The summed E-state index contributed by atoms with van der Waals surface area (Å²) in [4.78, 5) is 19.7. The number of amides is 1. The van der Waals surface area contributed by atoms with Gasteiger partial charge in [-0.25, -0.2) is 4.98 Å². The molecule has 0 aromatic carbocycles. The average Bonchev–Trinajstić information content (AvgIpc) is 3.04. The Balaban J connectivity index is 1.85. The van der Waals surface area contributed by atoms with Gasteiger partial charge in [-0.3, -0.25) is 9.48 Å². The lowest BCUT2D eigenvalue weighted by Crippen LogP contribution is -2.45. The van der Waals surface area contributed by atoms with Crippen LogP contribution in [0.4, 0.5) is 0 Å². The molecule has 6 nitrogen and oxygen atoms in total. The van der Waals surface area contributed by atoms with Crippen molar-refractivity contribution in [1.29, 1.82) is 0 Å². The Morgan fingerprint density at radius 3 is 3.00 bits per heavy atom. The summed E-state index contributed by atoms with van der Waals surface area (Å²) in [5.41, 5.74) is 7.69. The first kappa shape index (κ1) is 14.2. The van der Waals surface area contributed by atoms with Crippen molar-refractivity contribution in [2.75, 3.05) is 13.1 Å². The lowest BCUT2D eigenvalue weighted by atomic mass is 10.1. The fourth-order valence-corrected chi connectivity index (χ4v) is 3.60. The van der Waals surface area contributed by atoms with Crippen molar-refractivity contribution in [3.05, 3.63) is 23.0 Å². The van der Waals surface area contributed by atoms with Crippen LogP contribution < -0.4 is 5.73 Å². The van der Waals surface area contributed by atoms with Gasteiger partial charge < -0.3 is 10.6 Å². The normalized spacial score (nSPS) is 19.0. The summed E-state index contributed by atoms with van der Waals surface area (Å²) in [5, 5.41) is 4.99. The highest BCUT2D eigenvalue weighted by molar-refractivity contribution is 7.17. The van der Waals surface area contributed by atoms with E-state index in [0.29, 0.717) is 11.4 Å². The summed E-state index contributed by atoms with van der Waals surface area (Å²) >= 11 is 1.43. The molecule has 3 heterocycles. The second kappa shape index (κ2) is 5.57. The minimum Gasteiger partial charge on any atom is -0.336 e. The van der Waals surface area contributed by atoms with E-state index in [9.17, 15) is 4.79 Å². The molecule has 0 radical (unpaired) electrons. The Kier molecular flexibility index (Phi) is 3.77. The molecule has 1 aliphatic rings. The van der Waals surface area contributed by atoms with Gasteiger partial charge in [0.25, 0.3) is 5.91 Å². The van der Waals surface area contributed by atoms with Crippen molar-refractivity contribution in [1.82, 2.24) is 19.7 Å². The highest BCUT2D eigenvalue weighted by atomic mass is 32.1. The van der Waals surface area contributed by atoms with E-state index in [2.05, 4.69) is 10.1 Å². The molecule has 0 aliphatic carbocycles. The number of carbonyl (C=O) groups excluding carboxylic acids is 1. The van der Waals surface area contributed by atoms with E-state index in [0.717, 1.165) is 35.7 Å². The topological polar surface area (TPSA) is 77.0 Å². The molecule has 2 N–H and O–H groups in total. The second-order valence-corrected chi connectivity index (χ2v) is 6.49. The first-order valence-electron chi connectivity index (χ1n) is 7.06. The van der Waals surface area contributed by atoms with Gasteiger partial charge in [-0.05, 0) is 19.8 Å². The number of likely N-dealkylation sites (tertiary alicyclic amines) is 1. The van der Waals surface area contributed by atoms with Crippen LogP contribution in [0.1, 0.15) is 28.2 Å². The van der Waals surface area contributed by atoms with Gasteiger partial charge in [-0.2, -0.15) is 5.10 Å². The lowest BCUT2D eigenvalue weighted by Gasteiger charge is -2.30. The highest BCUT2D eigenvalue weighted by Gasteiger charge is 2.26. The second-order valence-electron chi connectivity index (χ2n) is 5.49. The number of hydrogen-bond acceptors (Lipinski definition) is 5. The van der Waals surface area contributed by atoms with E-state index in [-0.39, 0.29) is 11.9 Å². The third kappa shape index (κ3) is 2.84. The van der Waals surface area contributed by atoms with Crippen LogP contribution in [0.3, 0.4) is 0 Å². The summed E-state index contributed by atoms with van der Waals surface area (Å²) in [6.07, 6.45) is 5.64. The fourth-order valence-electron chi connectivity index (χ4n) is 2.59. The Morgan fingerprint density at radius 2 is 2.33 bits per heavy atom. The van der Waals surface area contributed by atoms with Gasteiger partial charge in [0.2, 0.25) is 0 Å². The van der Waals surface area contributed by atoms with Crippen molar-refractivity contribution >= 4 is 17.2 Å². The van der Waals surface area contributed by atoms with Crippen LogP contribution in [-0.2, 0) is 7.05 Å². The van der Waals surface area contributed by atoms with E-state index in [4.69, 9.17) is 5.73 Å².